The second-order valence-electron chi connectivity index (χ2n) is 16.5. The molecule has 0 bridgehead atoms. The Morgan fingerprint density at radius 2 is 0.484 bits per heavy atom. The van der Waals surface area contributed by atoms with E-state index in [1.54, 1.807) is 0 Å². The van der Waals surface area contributed by atoms with Crippen LogP contribution >= 0.6 is 0 Å². The molecule has 2 nitrogen and oxygen atoms in total. The Morgan fingerprint density at radius 1 is 0.177 bits per heavy atom. The summed E-state index contributed by atoms with van der Waals surface area (Å²) in [5.74, 6) is 0. The normalized spacial score (nSPS) is 11.9. The van der Waals surface area contributed by atoms with Crippen molar-refractivity contribution in [2.45, 2.75) is 0 Å². The van der Waals surface area contributed by atoms with E-state index in [0.717, 1.165) is 5.69 Å². The molecule has 0 aliphatic rings. The van der Waals surface area contributed by atoms with Gasteiger partial charge in [0, 0.05) is 32.9 Å². The summed E-state index contributed by atoms with van der Waals surface area (Å²) in [7, 11) is 0. The quantitative estimate of drug-likeness (QED) is 0.154. The van der Waals surface area contributed by atoms with Gasteiger partial charge in [-0.2, -0.15) is 0 Å². The van der Waals surface area contributed by atoms with E-state index in [9.17, 15) is 0 Å². The lowest BCUT2D eigenvalue weighted by Gasteiger charge is -2.13. The van der Waals surface area contributed by atoms with E-state index < -0.39 is 0 Å². The Hall–Kier alpha value is -8.20. The predicted octanol–water partition coefficient (Wildman–Crippen LogP) is 16.3. The van der Waals surface area contributed by atoms with Crippen molar-refractivity contribution >= 4 is 75.9 Å². The van der Waals surface area contributed by atoms with Crippen LogP contribution in [-0.2, 0) is 0 Å². The van der Waals surface area contributed by atoms with Crippen LogP contribution in [0.5, 0.6) is 0 Å². The van der Waals surface area contributed by atoms with Crippen molar-refractivity contribution in [1.29, 1.82) is 0 Å². The number of rotatable bonds is 5. The topological polar surface area (TPSA) is 9.86 Å². The average Bonchev–Trinajstić information content (AvgIpc) is 3.86. The Balaban J connectivity index is 0.848. The van der Waals surface area contributed by atoms with Crippen LogP contribution in [0.2, 0.25) is 0 Å². The molecule has 11 aromatic carbocycles. The molecule has 2 aromatic heterocycles. The van der Waals surface area contributed by atoms with Gasteiger partial charge in [-0.05, 0) is 132 Å². The van der Waals surface area contributed by atoms with Crippen LogP contribution in [0.1, 0.15) is 0 Å². The fourth-order valence-corrected chi connectivity index (χ4v) is 10.2. The molecular weight excluding hydrogens is 749 g/mol. The summed E-state index contributed by atoms with van der Waals surface area (Å²) >= 11 is 0. The van der Waals surface area contributed by atoms with E-state index in [-0.39, 0.29) is 0 Å². The summed E-state index contributed by atoms with van der Waals surface area (Å²) in [5.41, 5.74) is 14.4. The van der Waals surface area contributed by atoms with E-state index in [2.05, 4.69) is 240 Å². The average molecular weight is 787 g/mol. The van der Waals surface area contributed by atoms with Gasteiger partial charge in [-0.15, -0.1) is 0 Å². The van der Waals surface area contributed by atoms with Crippen LogP contribution in [0, 0.1) is 0 Å². The van der Waals surface area contributed by atoms with Crippen LogP contribution in [-0.4, -0.2) is 9.13 Å². The molecule has 0 saturated heterocycles. The molecule has 0 radical (unpaired) electrons. The maximum absolute atomic E-state index is 2.41. The Bertz CT molecular complexity index is 3850. The molecule has 2 heteroatoms. The fourth-order valence-electron chi connectivity index (χ4n) is 10.2. The zero-order valence-corrected chi connectivity index (χ0v) is 33.8. The number of aromatic nitrogens is 2. The first-order valence-corrected chi connectivity index (χ1v) is 21.4. The molecule has 0 atom stereocenters. The van der Waals surface area contributed by atoms with E-state index in [4.69, 9.17) is 0 Å². The van der Waals surface area contributed by atoms with Gasteiger partial charge < -0.3 is 9.13 Å². The highest BCUT2D eigenvalue weighted by molar-refractivity contribution is 6.25. The molecule has 0 amide bonds. The van der Waals surface area contributed by atoms with Crippen LogP contribution in [0.15, 0.2) is 231 Å². The third kappa shape index (κ3) is 5.30. The minimum absolute atomic E-state index is 1.15. The molecule has 13 aromatic rings. The standard InChI is InChI=1S/C60H38N2/c1-2-12-45(13-3-1)61-57-20-10-8-18-52(57)55-37-43(29-34-59(55)61)39-22-24-40(25-23-39)44-30-35-60-56(38-44)53-19-9-11-21-58(53)62(60)46-31-26-41(27-32-46)42-28-33-51-49-16-5-4-14-47(49)48-15-6-7-17-50(48)54(51)36-42/h1-38H. The molecule has 0 saturated carbocycles. The Morgan fingerprint density at radius 3 is 0.968 bits per heavy atom. The van der Waals surface area contributed by atoms with Crippen LogP contribution in [0.3, 0.4) is 0 Å². The summed E-state index contributed by atoms with van der Waals surface area (Å²) in [6.45, 7) is 0. The van der Waals surface area contributed by atoms with Crippen molar-refractivity contribution < 1.29 is 0 Å². The zero-order valence-electron chi connectivity index (χ0n) is 33.8. The van der Waals surface area contributed by atoms with Gasteiger partial charge in [-0.1, -0.05) is 164 Å². The largest absolute Gasteiger partial charge is 0.309 e. The van der Waals surface area contributed by atoms with Crippen LogP contribution in [0.4, 0.5) is 0 Å². The van der Waals surface area contributed by atoms with E-state index >= 15 is 0 Å². The number of para-hydroxylation sites is 3. The maximum atomic E-state index is 2.41. The lowest BCUT2D eigenvalue weighted by molar-refractivity contribution is 1.18. The molecule has 62 heavy (non-hydrogen) atoms. The lowest BCUT2D eigenvalue weighted by atomic mass is 9.92. The first-order valence-electron chi connectivity index (χ1n) is 21.4. The minimum Gasteiger partial charge on any atom is -0.309 e. The SMILES string of the molecule is c1ccc(-n2c3ccccc3c3cc(-c4ccc(-c5ccc6c(c5)c5ccccc5n6-c5ccc(-c6ccc7c8ccccc8c8ccccc8c7c6)cc5)cc4)ccc32)cc1. The Labute approximate surface area is 358 Å². The van der Waals surface area contributed by atoms with E-state index in [0.29, 0.717) is 0 Å². The van der Waals surface area contributed by atoms with E-state index in [1.165, 1.54) is 115 Å². The van der Waals surface area contributed by atoms with Gasteiger partial charge in [-0.3, -0.25) is 0 Å². The summed E-state index contributed by atoms with van der Waals surface area (Å²) in [6.07, 6.45) is 0. The number of hydrogen-bond donors (Lipinski definition) is 0. The van der Waals surface area contributed by atoms with Gasteiger partial charge in [0.05, 0.1) is 22.1 Å². The van der Waals surface area contributed by atoms with Gasteiger partial charge in [0.25, 0.3) is 0 Å². The highest BCUT2D eigenvalue weighted by Gasteiger charge is 2.16. The lowest BCUT2D eigenvalue weighted by Crippen LogP contribution is -1.93. The zero-order chi connectivity index (χ0) is 40.7. The van der Waals surface area contributed by atoms with Crippen molar-refractivity contribution in [2.75, 3.05) is 0 Å². The second-order valence-corrected chi connectivity index (χ2v) is 16.5. The van der Waals surface area contributed by atoms with Crippen molar-refractivity contribution in [3.05, 3.63) is 231 Å². The van der Waals surface area contributed by atoms with Crippen molar-refractivity contribution in [3.8, 4) is 44.8 Å². The van der Waals surface area contributed by atoms with Crippen molar-refractivity contribution in [1.82, 2.24) is 9.13 Å². The van der Waals surface area contributed by atoms with Gasteiger partial charge in [0.15, 0.2) is 0 Å². The summed E-state index contributed by atoms with van der Waals surface area (Å²) in [5, 5.41) is 12.8. The second kappa shape index (κ2) is 13.7. The highest BCUT2D eigenvalue weighted by Crippen LogP contribution is 2.40. The number of hydrogen-bond acceptors (Lipinski definition) is 0. The minimum atomic E-state index is 1.15. The molecule has 0 aliphatic heterocycles. The van der Waals surface area contributed by atoms with E-state index in [1.807, 2.05) is 0 Å². The molecule has 0 spiro atoms. The smallest absolute Gasteiger partial charge is 0.0541 e. The van der Waals surface area contributed by atoms with Gasteiger partial charge >= 0.3 is 0 Å². The molecule has 0 N–H and O–H groups in total. The summed E-state index contributed by atoms with van der Waals surface area (Å²) < 4.78 is 4.78. The predicted molar refractivity (Wildman–Crippen MR) is 264 cm³/mol. The fraction of sp³-hybridized carbons (Fsp3) is 0. The third-order valence-corrected chi connectivity index (χ3v) is 13.1. The molecule has 288 valence electrons. The molecule has 0 aliphatic carbocycles. The number of fused-ring (bicyclic) bond motifs is 12. The van der Waals surface area contributed by atoms with Gasteiger partial charge in [-0.25, -0.2) is 0 Å². The van der Waals surface area contributed by atoms with Gasteiger partial charge in [0.2, 0.25) is 0 Å². The van der Waals surface area contributed by atoms with Crippen molar-refractivity contribution in [3.63, 3.8) is 0 Å². The number of benzene rings is 11. The molecule has 0 fully saturated rings. The molecule has 0 unspecified atom stereocenters. The first-order chi connectivity index (χ1) is 30.7. The third-order valence-electron chi connectivity index (χ3n) is 13.1. The highest BCUT2D eigenvalue weighted by atomic mass is 15.0. The Kier molecular flexibility index (Phi) is 7.64. The monoisotopic (exact) mass is 786 g/mol. The van der Waals surface area contributed by atoms with Gasteiger partial charge in [0.1, 0.15) is 0 Å². The molecule has 13 rings (SSSR count). The van der Waals surface area contributed by atoms with Crippen molar-refractivity contribution in [2.24, 2.45) is 0 Å². The maximum Gasteiger partial charge on any atom is 0.0541 e. The number of nitrogens with zero attached hydrogens (tertiary/aromatic N) is 2. The van der Waals surface area contributed by atoms with Crippen LogP contribution < -0.4 is 0 Å². The first kappa shape index (κ1) is 34.6. The molecular formula is C60H38N2. The summed E-state index contributed by atoms with van der Waals surface area (Å²) in [4.78, 5) is 0. The summed E-state index contributed by atoms with van der Waals surface area (Å²) in [6, 6.07) is 84.7. The van der Waals surface area contributed by atoms with Crippen LogP contribution in [0.25, 0.3) is 121 Å². The molecule has 2 heterocycles.